The molecule has 3 aromatic carbocycles. The van der Waals surface area contributed by atoms with E-state index in [0.29, 0.717) is 28.0 Å². The number of alkyl halides is 3. The first-order valence-corrected chi connectivity index (χ1v) is 10.9. The molecule has 0 N–H and O–H groups in total. The number of benzene rings is 3. The van der Waals surface area contributed by atoms with Crippen molar-refractivity contribution in [3.63, 3.8) is 0 Å². The second-order valence-electron chi connectivity index (χ2n) is 7.13. The molecular weight excluding hydrogens is 469 g/mol. The first-order valence-electron chi connectivity index (χ1n) is 9.90. The summed E-state index contributed by atoms with van der Waals surface area (Å²) < 4.78 is 46.8. The molecule has 34 heavy (non-hydrogen) atoms. The van der Waals surface area contributed by atoms with Gasteiger partial charge in [0.15, 0.2) is 11.0 Å². The summed E-state index contributed by atoms with van der Waals surface area (Å²) in [5.41, 5.74) is 0.887. The molecule has 0 unspecified atom stereocenters. The van der Waals surface area contributed by atoms with Crippen LogP contribution in [0.1, 0.15) is 11.1 Å². The highest BCUT2D eigenvalue weighted by Gasteiger charge is 2.31. The van der Waals surface area contributed by atoms with Gasteiger partial charge in [-0.3, -0.25) is 14.7 Å². The van der Waals surface area contributed by atoms with Gasteiger partial charge in [-0.05, 0) is 48.0 Å². The maximum Gasteiger partial charge on any atom is 0.416 e. The number of nitro benzene ring substituents is 1. The molecule has 0 aliphatic carbocycles. The summed E-state index contributed by atoms with van der Waals surface area (Å²) in [6.45, 7) is 0. The summed E-state index contributed by atoms with van der Waals surface area (Å²) in [5.74, 6) is 1.38. The molecule has 0 aliphatic heterocycles. The number of aromatic nitrogens is 3. The lowest BCUT2D eigenvalue weighted by Crippen LogP contribution is -2.07. The van der Waals surface area contributed by atoms with Crippen molar-refractivity contribution in [2.24, 2.45) is 0 Å². The molecule has 0 saturated heterocycles. The van der Waals surface area contributed by atoms with Gasteiger partial charge in [-0.15, -0.1) is 10.2 Å². The Morgan fingerprint density at radius 3 is 2.35 bits per heavy atom. The molecule has 0 radical (unpaired) electrons. The minimum atomic E-state index is -4.50. The van der Waals surface area contributed by atoms with E-state index in [4.69, 9.17) is 4.74 Å². The first-order chi connectivity index (χ1) is 16.3. The number of thioether (sulfide) groups is 1. The quantitative estimate of drug-likeness (QED) is 0.177. The average Bonchev–Trinajstić information content (AvgIpc) is 3.26. The predicted octanol–water partition coefficient (Wildman–Crippen LogP) is 6.16. The van der Waals surface area contributed by atoms with Crippen LogP contribution in [-0.2, 0) is 11.9 Å². The SMILES string of the molecule is COc1ccc(-c2nnc(SCc3ccc([N+](=O)[O-])cc3)n2-c2cccc(C(F)(F)F)c2)cc1. The molecule has 7 nitrogen and oxygen atoms in total. The Balaban J connectivity index is 1.73. The zero-order chi connectivity index (χ0) is 24.3. The maximum absolute atomic E-state index is 13.4. The van der Waals surface area contributed by atoms with Crippen LogP contribution in [0.2, 0.25) is 0 Å². The monoisotopic (exact) mass is 486 g/mol. The Labute approximate surface area is 196 Å². The van der Waals surface area contributed by atoms with Crippen LogP contribution in [0.3, 0.4) is 0 Å². The van der Waals surface area contributed by atoms with E-state index in [1.165, 1.54) is 37.1 Å². The van der Waals surface area contributed by atoms with Crippen molar-refractivity contribution in [1.82, 2.24) is 14.8 Å². The van der Waals surface area contributed by atoms with E-state index in [2.05, 4.69) is 10.2 Å². The van der Waals surface area contributed by atoms with Crippen molar-refractivity contribution in [2.75, 3.05) is 7.11 Å². The van der Waals surface area contributed by atoms with Crippen LogP contribution in [0.4, 0.5) is 18.9 Å². The van der Waals surface area contributed by atoms with Gasteiger partial charge in [0.2, 0.25) is 0 Å². The fraction of sp³-hybridized carbons (Fsp3) is 0.130. The number of non-ortho nitro benzene ring substituents is 1. The van der Waals surface area contributed by atoms with Crippen molar-refractivity contribution in [2.45, 2.75) is 17.1 Å². The van der Waals surface area contributed by atoms with Gasteiger partial charge in [-0.25, -0.2) is 0 Å². The van der Waals surface area contributed by atoms with E-state index in [0.717, 1.165) is 17.7 Å². The molecule has 0 bridgehead atoms. The summed E-state index contributed by atoms with van der Waals surface area (Å²) in [6.07, 6.45) is -4.50. The van der Waals surface area contributed by atoms with Crippen molar-refractivity contribution in [3.05, 3.63) is 94.0 Å². The highest BCUT2D eigenvalue weighted by molar-refractivity contribution is 7.98. The molecule has 4 rings (SSSR count). The van der Waals surface area contributed by atoms with Gasteiger partial charge in [-0.2, -0.15) is 13.2 Å². The zero-order valence-corrected chi connectivity index (χ0v) is 18.5. The van der Waals surface area contributed by atoms with Gasteiger partial charge < -0.3 is 4.74 Å². The fourth-order valence-corrected chi connectivity index (χ4v) is 4.11. The van der Waals surface area contributed by atoms with Gasteiger partial charge in [-0.1, -0.05) is 30.0 Å². The van der Waals surface area contributed by atoms with Gasteiger partial charge in [0.1, 0.15) is 5.75 Å². The molecule has 11 heteroatoms. The average molecular weight is 486 g/mol. The molecule has 4 aromatic rings. The smallest absolute Gasteiger partial charge is 0.416 e. The molecule has 1 heterocycles. The molecule has 0 spiro atoms. The number of nitro groups is 1. The van der Waals surface area contributed by atoms with Crippen molar-refractivity contribution in [1.29, 1.82) is 0 Å². The molecular formula is C23H17F3N4O3S. The molecule has 0 aliphatic rings. The van der Waals surface area contributed by atoms with Gasteiger partial charge in [0, 0.05) is 23.4 Å². The Morgan fingerprint density at radius 2 is 1.74 bits per heavy atom. The third kappa shape index (κ3) is 5.04. The summed E-state index contributed by atoms with van der Waals surface area (Å²) in [6, 6.07) is 17.9. The van der Waals surface area contributed by atoms with Crippen molar-refractivity contribution in [3.8, 4) is 22.8 Å². The summed E-state index contributed by atoms with van der Waals surface area (Å²) in [7, 11) is 1.53. The Kier molecular flexibility index (Phi) is 6.55. The summed E-state index contributed by atoms with van der Waals surface area (Å²) in [4.78, 5) is 10.4. The largest absolute Gasteiger partial charge is 0.497 e. The lowest BCUT2D eigenvalue weighted by Gasteiger charge is -2.13. The number of hydrogen-bond donors (Lipinski definition) is 0. The normalized spacial score (nSPS) is 11.4. The summed E-state index contributed by atoms with van der Waals surface area (Å²) >= 11 is 1.26. The van der Waals surface area contributed by atoms with Crippen molar-refractivity contribution < 1.29 is 22.8 Å². The third-order valence-corrected chi connectivity index (χ3v) is 5.93. The predicted molar refractivity (Wildman–Crippen MR) is 121 cm³/mol. The van der Waals surface area contributed by atoms with E-state index < -0.39 is 16.7 Å². The number of hydrogen-bond acceptors (Lipinski definition) is 6. The number of methoxy groups -OCH3 is 1. The molecule has 1 aromatic heterocycles. The van der Waals surface area contributed by atoms with Crippen LogP contribution in [0.15, 0.2) is 78.0 Å². The number of rotatable bonds is 7. The standard InChI is InChI=1S/C23H17F3N4O3S/c1-33-20-11-7-16(8-12-20)21-27-28-22(34-14-15-5-9-18(10-6-15)30(31)32)29(21)19-4-2-3-17(13-19)23(24,25)26/h2-13H,14H2,1H3. The van der Waals surface area contributed by atoms with Crippen LogP contribution in [0.5, 0.6) is 5.75 Å². The second kappa shape index (κ2) is 9.56. The highest BCUT2D eigenvalue weighted by Crippen LogP contribution is 2.34. The summed E-state index contributed by atoms with van der Waals surface area (Å²) in [5, 5.41) is 19.7. The topological polar surface area (TPSA) is 83.1 Å². The molecule has 0 amide bonds. The minimum Gasteiger partial charge on any atom is -0.497 e. The maximum atomic E-state index is 13.4. The molecule has 0 saturated carbocycles. The van der Waals surface area contributed by atoms with Crippen LogP contribution < -0.4 is 4.74 Å². The molecule has 0 atom stereocenters. The van der Waals surface area contributed by atoms with E-state index in [1.807, 2.05) is 0 Å². The van der Waals surface area contributed by atoms with Crippen LogP contribution in [-0.4, -0.2) is 26.8 Å². The molecule has 0 fully saturated rings. The van der Waals surface area contributed by atoms with E-state index in [1.54, 1.807) is 47.0 Å². The van der Waals surface area contributed by atoms with Crippen LogP contribution >= 0.6 is 11.8 Å². The first kappa shape index (κ1) is 23.3. The van der Waals surface area contributed by atoms with Gasteiger partial charge in [0.05, 0.1) is 23.3 Å². The lowest BCUT2D eigenvalue weighted by atomic mass is 10.1. The Morgan fingerprint density at radius 1 is 1.03 bits per heavy atom. The van der Waals surface area contributed by atoms with E-state index in [9.17, 15) is 23.3 Å². The number of ether oxygens (including phenoxy) is 1. The zero-order valence-electron chi connectivity index (χ0n) is 17.7. The van der Waals surface area contributed by atoms with E-state index in [-0.39, 0.29) is 11.4 Å². The fourth-order valence-electron chi connectivity index (χ4n) is 3.21. The lowest BCUT2D eigenvalue weighted by molar-refractivity contribution is -0.384. The van der Waals surface area contributed by atoms with Gasteiger partial charge >= 0.3 is 6.18 Å². The number of halogens is 3. The highest BCUT2D eigenvalue weighted by atomic mass is 32.2. The van der Waals surface area contributed by atoms with Crippen LogP contribution in [0.25, 0.3) is 17.1 Å². The van der Waals surface area contributed by atoms with E-state index >= 15 is 0 Å². The third-order valence-electron chi connectivity index (χ3n) is 4.93. The van der Waals surface area contributed by atoms with Crippen LogP contribution in [0, 0.1) is 10.1 Å². The Hall–Kier alpha value is -3.86. The number of nitrogens with zero attached hydrogens (tertiary/aromatic N) is 4. The Bertz CT molecular complexity index is 1310. The van der Waals surface area contributed by atoms with Gasteiger partial charge in [0.25, 0.3) is 5.69 Å². The van der Waals surface area contributed by atoms with Crippen molar-refractivity contribution >= 4 is 17.4 Å². The second-order valence-corrected chi connectivity index (χ2v) is 8.07. The minimum absolute atomic E-state index is 0.0253. The molecule has 174 valence electrons.